The Hall–Kier alpha value is -1.92. The number of carboxylic acids is 1. The van der Waals surface area contributed by atoms with Crippen molar-refractivity contribution in [3.05, 3.63) is 50.2 Å². The van der Waals surface area contributed by atoms with Crippen LogP contribution < -0.4 is 4.80 Å². The quantitative estimate of drug-likeness (QED) is 0.878. The summed E-state index contributed by atoms with van der Waals surface area (Å²) in [6.45, 7) is 1.83. The number of aryl methyl sites for hydroxylation is 1. The average molecular weight is 379 g/mol. The Morgan fingerprint density at radius 2 is 2.12 bits per heavy atom. The number of carbonyl (C=O) groups is 2. The normalized spacial score (nSPS) is 15.7. The zero-order valence-corrected chi connectivity index (χ0v) is 15.4. The minimum Gasteiger partial charge on any atom is -0.480 e. The van der Waals surface area contributed by atoms with Crippen LogP contribution >= 0.6 is 22.9 Å². The molecule has 0 bridgehead atoms. The van der Waals surface area contributed by atoms with E-state index in [9.17, 15) is 14.7 Å². The van der Waals surface area contributed by atoms with Crippen LogP contribution in [0.1, 0.15) is 53.2 Å². The van der Waals surface area contributed by atoms with Gasteiger partial charge in [0, 0.05) is 21.2 Å². The molecular weight excluding hydrogens is 360 g/mol. The summed E-state index contributed by atoms with van der Waals surface area (Å²) in [5.74, 6) is -1.31. The molecule has 132 valence electrons. The van der Waals surface area contributed by atoms with Gasteiger partial charge in [0.1, 0.15) is 6.04 Å². The molecule has 0 fully saturated rings. The second-order valence-corrected chi connectivity index (χ2v) is 7.52. The summed E-state index contributed by atoms with van der Waals surface area (Å²) in [6.07, 6.45) is 4.30. The van der Waals surface area contributed by atoms with Gasteiger partial charge < -0.3 is 9.67 Å². The standard InChI is InChI=1S/C18H19ClN2O3S/c1-2-13(17(23)24)21-14-8-3-4-9-15(14)25-18(21)20-16(22)11-6-5-7-12(19)10-11/h5-7,10,13H,2-4,8-9H2,1H3,(H,23,24)/b20-18-. The molecule has 1 heterocycles. The van der Waals surface area contributed by atoms with Crippen LogP contribution in [-0.4, -0.2) is 21.6 Å². The molecule has 0 aliphatic heterocycles. The Kier molecular flexibility index (Phi) is 5.39. The number of aliphatic carboxylic acids is 1. The number of rotatable bonds is 4. The lowest BCUT2D eigenvalue weighted by Crippen LogP contribution is -2.29. The van der Waals surface area contributed by atoms with E-state index in [1.54, 1.807) is 28.8 Å². The van der Waals surface area contributed by atoms with E-state index in [0.717, 1.165) is 36.3 Å². The summed E-state index contributed by atoms with van der Waals surface area (Å²) in [5, 5.41) is 10.1. The lowest BCUT2D eigenvalue weighted by atomic mass is 10.0. The van der Waals surface area contributed by atoms with E-state index < -0.39 is 17.9 Å². The summed E-state index contributed by atoms with van der Waals surface area (Å²) >= 11 is 7.38. The number of amides is 1. The predicted molar refractivity (Wildman–Crippen MR) is 97.3 cm³/mol. The van der Waals surface area contributed by atoms with E-state index in [0.29, 0.717) is 21.8 Å². The van der Waals surface area contributed by atoms with Gasteiger partial charge in [-0.3, -0.25) is 4.79 Å². The number of fused-ring (bicyclic) bond motifs is 1. The largest absolute Gasteiger partial charge is 0.480 e. The molecule has 0 saturated carbocycles. The van der Waals surface area contributed by atoms with E-state index in [1.165, 1.54) is 11.3 Å². The molecule has 3 rings (SSSR count). The van der Waals surface area contributed by atoms with Crippen molar-refractivity contribution in [2.75, 3.05) is 0 Å². The molecular formula is C18H19ClN2O3S. The van der Waals surface area contributed by atoms with Gasteiger partial charge in [0.25, 0.3) is 5.91 Å². The van der Waals surface area contributed by atoms with Gasteiger partial charge in [0.2, 0.25) is 0 Å². The molecule has 1 aromatic heterocycles. The highest BCUT2D eigenvalue weighted by Gasteiger charge is 2.26. The number of carboxylic acid groups (broad SMARTS) is 1. The third-order valence-electron chi connectivity index (χ3n) is 4.35. The molecule has 1 atom stereocenters. The van der Waals surface area contributed by atoms with Gasteiger partial charge in [-0.1, -0.05) is 24.6 Å². The summed E-state index contributed by atoms with van der Waals surface area (Å²) in [4.78, 5) is 30.1. The highest BCUT2D eigenvalue weighted by atomic mass is 35.5. The van der Waals surface area contributed by atoms with Crippen LogP contribution in [-0.2, 0) is 17.6 Å². The fourth-order valence-electron chi connectivity index (χ4n) is 3.14. The highest BCUT2D eigenvalue weighted by Crippen LogP contribution is 2.27. The monoisotopic (exact) mass is 378 g/mol. The molecule has 1 unspecified atom stereocenters. The number of carbonyl (C=O) groups excluding carboxylic acids is 1. The molecule has 5 nitrogen and oxygen atoms in total. The van der Waals surface area contributed by atoms with Crippen LogP contribution in [0.2, 0.25) is 5.02 Å². The molecule has 2 aromatic rings. The molecule has 1 aliphatic rings. The molecule has 0 radical (unpaired) electrons. The van der Waals surface area contributed by atoms with E-state index in [1.807, 2.05) is 6.92 Å². The van der Waals surface area contributed by atoms with E-state index in [4.69, 9.17) is 11.6 Å². The Labute approximate surface area is 154 Å². The number of hydrogen-bond donors (Lipinski definition) is 1. The Morgan fingerprint density at radius 1 is 1.36 bits per heavy atom. The number of benzene rings is 1. The number of nitrogens with zero attached hydrogens (tertiary/aromatic N) is 2. The van der Waals surface area contributed by atoms with Crippen molar-refractivity contribution in [1.82, 2.24) is 4.57 Å². The Balaban J connectivity index is 2.13. The first-order valence-electron chi connectivity index (χ1n) is 8.31. The second-order valence-electron chi connectivity index (χ2n) is 6.02. The van der Waals surface area contributed by atoms with Crippen molar-refractivity contribution in [3.8, 4) is 0 Å². The van der Waals surface area contributed by atoms with Crippen LogP contribution in [0, 0.1) is 0 Å². The third-order valence-corrected chi connectivity index (χ3v) is 5.74. The first-order valence-corrected chi connectivity index (χ1v) is 9.51. The minimum atomic E-state index is -0.898. The lowest BCUT2D eigenvalue weighted by molar-refractivity contribution is -0.141. The number of hydrogen-bond acceptors (Lipinski definition) is 3. The molecule has 7 heteroatoms. The molecule has 1 aromatic carbocycles. The van der Waals surface area contributed by atoms with Crippen molar-refractivity contribution in [2.45, 2.75) is 45.1 Å². The fourth-order valence-corrected chi connectivity index (χ4v) is 4.58. The van der Waals surface area contributed by atoms with E-state index in [2.05, 4.69) is 4.99 Å². The van der Waals surface area contributed by atoms with Crippen molar-refractivity contribution in [1.29, 1.82) is 0 Å². The first-order chi connectivity index (χ1) is 12.0. The number of halogens is 1. The van der Waals surface area contributed by atoms with Gasteiger partial charge in [-0.25, -0.2) is 4.79 Å². The van der Waals surface area contributed by atoms with Crippen LogP contribution in [0.3, 0.4) is 0 Å². The van der Waals surface area contributed by atoms with E-state index >= 15 is 0 Å². The first kappa shape index (κ1) is 17.9. The maximum atomic E-state index is 12.5. The van der Waals surface area contributed by atoms with Crippen LogP contribution in [0.15, 0.2) is 29.3 Å². The van der Waals surface area contributed by atoms with Gasteiger partial charge in [-0.15, -0.1) is 11.3 Å². The van der Waals surface area contributed by atoms with Gasteiger partial charge in [-0.05, 0) is 50.3 Å². The summed E-state index contributed by atoms with van der Waals surface area (Å²) in [7, 11) is 0. The summed E-state index contributed by atoms with van der Waals surface area (Å²) < 4.78 is 1.75. The molecule has 0 saturated heterocycles. The second kappa shape index (κ2) is 7.54. The summed E-state index contributed by atoms with van der Waals surface area (Å²) in [6, 6.07) is 5.91. The number of aromatic nitrogens is 1. The van der Waals surface area contributed by atoms with Crippen LogP contribution in [0.4, 0.5) is 0 Å². The van der Waals surface area contributed by atoms with Gasteiger partial charge in [-0.2, -0.15) is 4.99 Å². The maximum Gasteiger partial charge on any atom is 0.326 e. The summed E-state index contributed by atoms with van der Waals surface area (Å²) in [5.41, 5.74) is 1.41. The molecule has 0 spiro atoms. The van der Waals surface area contributed by atoms with Gasteiger partial charge in [0.15, 0.2) is 4.80 Å². The van der Waals surface area contributed by atoms with Gasteiger partial charge >= 0.3 is 5.97 Å². The van der Waals surface area contributed by atoms with Crippen LogP contribution in [0.25, 0.3) is 0 Å². The lowest BCUT2D eigenvalue weighted by Gasteiger charge is -2.19. The average Bonchev–Trinajstić information content (AvgIpc) is 2.93. The molecule has 25 heavy (non-hydrogen) atoms. The van der Waals surface area contributed by atoms with Crippen molar-refractivity contribution in [2.24, 2.45) is 4.99 Å². The Bertz CT molecular complexity index is 885. The van der Waals surface area contributed by atoms with Crippen molar-refractivity contribution in [3.63, 3.8) is 0 Å². The van der Waals surface area contributed by atoms with Crippen molar-refractivity contribution >= 4 is 34.8 Å². The molecule has 1 aliphatic carbocycles. The molecule has 1 amide bonds. The topological polar surface area (TPSA) is 71.7 Å². The SMILES string of the molecule is CCC(C(=O)O)n1c2c(s/c1=N\C(=O)c1cccc(Cl)c1)CCCC2. The minimum absolute atomic E-state index is 0.397. The van der Waals surface area contributed by atoms with Crippen molar-refractivity contribution < 1.29 is 14.7 Å². The zero-order chi connectivity index (χ0) is 18.0. The predicted octanol–water partition coefficient (Wildman–Crippen LogP) is 3.86. The highest BCUT2D eigenvalue weighted by molar-refractivity contribution is 7.09. The number of thiazole rings is 1. The van der Waals surface area contributed by atoms with E-state index in [-0.39, 0.29) is 0 Å². The molecule has 1 N–H and O–H groups in total. The zero-order valence-electron chi connectivity index (χ0n) is 13.9. The Morgan fingerprint density at radius 3 is 2.80 bits per heavy atom. The fraction of sp³-hybridized carbons (Fsp3) is 0.389. The van der Waals surface area contributed by atoms with Gasteiger partial charge in [0.05, 0.1) is 0 Å². The smallest absolute Gasteiger partial charge is 0.326 e. The maximum absolute atomic E-state index is 12.5. The third kappa shape index (κ3) is 3.70. The van der Waals surface area contributed by atoms with Crippen LogP contribution in [0.5, 0.6) is 0 Å².